The van der Waals surface area contributed by atoms with Gasteiger partial charge in [0.1, 0.15) is 0 Å². The molecule has 0 saturated carbocycles. The lowest BCUT2D eigenvalue weighted by molar-refractivity contribution is -0.134. The third-order valence-electron chi connectivity index (χ3n) is 4.17. The molecule has 1 N–H and O–H groups in total. The van der Waals surface area contributed by atoms with Gasteiger partial charge in [0.2, 0.25) is 0 Å². The van der Waals surface area contributed by atoms with Gasteiger partial charge in [-0.2, -0.15) is 5.10 Å². The van der Waals surface area contributed by atoms with E-state index in [1.807, 2.05) is 49.7 Å². The van der Waals surface area contributed by atoms with E-state index in [0.717, 1.165) is 23.4 Å². The van der Waals surface area contributed by atoms with E-state index in [-0.39, 0.29) is 11.9 Å². The molecule has 0 unspecified atom stereocenters. The molecule has 23 heavy (non-hydrogen) atoms. The lowest BCUT2D eigenvalue weighted by atomic mass is 9.97. The number of aromatic nitrogens is 2. The van der Waals surface area contributed by atoms with Gasteiger partial charge in [-0.15, -0.1) is 0 Å². The summed E-state index contributed by atoms with van der Waals surface area (Å²) in [6.45, 7) is 7.22. The molecule has 0 radical (unpaired) electrons. The van der Waals surface area contributed by atoms with Crippen LogP contribution in [0.25, 0.3) is 0 Å². The van der Waals surface area contributed by atoms with Gasteiger partial charge in [-0.25, -0.2) is 0 Å². The molecular formula is C18H23N3O2. The van der Waals surface area contributed by atoms with Gasteiger partial charge in [0.25, 0.3) is 5.91 Å². The van der Waals surface area contributed by atoms with Gasteiger partial charge in [-0.3, -0.25) is 9.48 Å². The quantitative estimate of drug-likeness (QED) is 0.942. The minimum atomic E-state index is -0.511. The summed E-state index contributed by atoms with van der Waals surface area (Å²) in [5.74, 6) is -0.0776. The molecule has 0 aliphatic carbocycles. The molecule has 1 aromatic carbocycles. The number of nitrogens with zero attached hydrogens (tertiary/aromatic N) is 2. The number of nitrogens with one attached hydrogen (secondary N) is 1. The molecule has 2 aromatic rings. The number of carbonyl (C=O) groups excluding carboxylic acids is 1. The van der Waals surface area contributed by atoms with Gasteiger partial charge in [-0.1, -0.05) is 24.3 Å². The van der Waals surface area contributed by atoms with Crippen LogP contribution in [0.3, 0.4) is 0 Å². The van der Waals surface area contributed by atoms with Crippen molar-refractivity contribution in [2.45, 2.75) is 45.9 Å². The van der Waals surface area contributed by atoms with Gasteiger partial charge in [0.05, 0.1) is 18.8 Å². The second-order valence-electron chi connectivity index (χ2n) is 6.22. The van der Waals surface area contributed by atoms with Crippen LogP contribution in [0.1, 0.15) is 35.5 Å². The molecular weight excluding hydrogens is 290 g/mol. The zero-order valence-corrected chi connectivity index (χ0v) is 13.9. The summed E-state index contributed by atoms with van der Waals surface area (Å²) in [4.78, 5) is 12.6. The summed E-state index contributed by atoms with van der Waals surface area (Å²) < 4.78 is 7.64. The molecule has 3 rings (SSSR count). The minimum absolute atomic E-state index is 0.0156. The van der Waals surface area contributed by atoms with Crippen molar-refractivity contribution in [2.24, 2.45) is 0 Å². The topological polar surface area (TPSA) is 56.2 Å². The number of ether oxygens (including phenoxy) is 1. The van der Waals surface area contributed by atoms with E-state index in [2.05, 4.69) is 16.5 Å². The lowest BCUT2D eigenvalue weighted by Gasteiger charge is -2.26. The van der Waals surface area contributed by atoms with E-state index in [4.69, 9.17) is 4.74 Å². The fourth-order valence-corrected chi connectivity index (χ4v) is 3.09. The van der Waals surface area contributed by atoms with Crippen LogP contribution in [-0.2, 0) is 22.5 Å². The SMILES string of the molecule is Cc1cc(C)n(C[C@@H](C)NC(=O)[C@H]2OCCc3ccccc32)n1. The highest BCUT2D eigenvalue weighted by Gasteiger charge is 2.28. The second kappa shape index (κ2) is 6.54. The van der Waals surface area contributed by atoms with E-state index in [1.54, 1.807) is 0 Å². The summed E-state index contributed by atoms with van der Waals surface area (Å²) in [6.07, 6.45) is 0.351. The van der Waals surface area contributed by atoms with Gasteiger partial charge in [0.15, 0.2) is 6.10 Å². The van der Waals surface area contributed by atoms with E-state index in [0.29, 0.717) is 13.2 Å². The van der Waals surface area contributed by atoms with Crippen LogP contribution in [0.15, 0.2) is 30.3 Å². The number of hydrogen-bond acceptors (Lipinski definition) is 3. The fourth-order valence-electron chi connectivity index (χ4n) is 3.09. The average Bonchev–Trinajstić information content (AvgIpc) is 2.84. The van der Waals surface area contributed by atoms with Crippen LogP contribution in [-0.4, -0.2) is 28.3 Å². The van der Waals surface area contributed by atoms with E-state index in [1.165, 1.54) is 5.56 Å². The van der Waals surface area contributed by atoms with Crippen LogP contribution in [0.4, 0.5) is 0 Å². The van der Waals surface area contributed by atoms with E-state index in [9.17, 15) is 4.79 Å². The third-order valence-corrected chi connectivity index (χ3v) is 4.17. The zero-order valence-electron chi connectivity index (χ0n) is 13.9. The van der Waals surface area contributed by atoms with Crippen molar-refractivity contribution in [1.29, 1.82) is 0 Å². The van der Waals surface area contributed by atoms with Crippen molar-refractivity contribution in [3.63, 3.8) is 0 Å². The molecule has 1 aliphatic rings. The summed E-state index contributed by atoms with van der Waals surface area (Å²) in [7, 11) is 0. The molecule has 1 aliphatic heterocycles. The maximum atomic E-state index is 12.6. The first-order chi connectivity index (χ1) is 11.0. The molecule has 2 atom stereocenters. The molecule has 122 valence electrons. The Morgan fingerprint density at radius 1 is 1.43 bits per heavy atom. The molecule has 0 fully saturated rings. The third kappa shape index (κ3) is 3.45. The molecule has 2 heterocycles. The Kier molecular flexibility index (Phi) is 4.48. The monoisotopic (exact) mass is 313 g/mol. The Morgan fingerprint density at radius 2 is 2.22 bits per heavy atom. The first-order valence-electron chi connectivity index (χ1n) is 8.05. The Morgan fingerprint density at radius 3 is 2.96 bits per heavy atom. The number of benzene rings is 1. The number of hydrogen-bond donors (Lipinski definition) is 1. The Hall–Kier alpha value is -2.14. The first kappa shape index (κ1) is 15.7. The van der Waals surface area contributed by atoms with Crippen molar-refractivity contribution in [3.8, 4) is 0 Å². The molecule has 5 heteroatoms. The van der Waals surface area contributed by atoms with Gasteiger partial charge in [0, 0.05) is 11.7 Å². The molecule has 0 saturated heterocycles. The van der Waals surface area contributed by atoms with Crippen molar-refractivity contribution >= 4 is 5.91 Å². The largest absolute Gasteiger partial charge is 0.363 e. The van der Waals surface area contributed by atoms with Crippen LogP contribution >= 0.6 is 0 Å². The maximum absolute atomic E-state index is 12.6. The zero-order chi connectivity index (χ0) is 16.4. The molecule has 0 spiro atoms. The number of amides is 1. The van der Waals surface area contributed by atoms with Crippen molar-refractivity contribution in [1.82, 2.24) is 15.1 Å². The Labute approximate surface area is 136 Å². The Balaban J connectivity index is 1.66. The average molecular weight is 313 g/mol. The Bertz CT molecular complexity index is 708. The van der Waals surface area contributed by atoms with Crippen LogP contribution < -0.4 is 5.32 Å². The highest BCUT2D eigenvalue weighted by molar-refractivity contribution is 5.83. The molecule has 5 nitrogen and oxygen atoms in total. The maximum Gasteiger partial charge on any atom is 0.254 e. The highest BCUT2D eigenvalue weighted by Crippen LogP contribution is 2.27. The van der Waals surface area contributed by atoms with Gasteiger partial charge < -0.3 is 10.1 Å². The minimum Gasteiger partial charge on any atom is -0.363 e. The van der Waals surface area contributed by atoms with Crippen molar-refractivity contribution < 1.29 is 9.53 Å². The number of aryl methyl sites for hydroxylation is 2. The van der Waals surface area contributed by atoms with Gasteiger partial charge >= 0.3 is 0 Å². The number of carbonyl (C=O) groups is 1. The first-order valence-corrected chi connectivity index (χ1v) is 8.05. The predicted molar refractivity (Wildman–Crippen MR) is 88.1 cm³/mol. The summed E-state index contributed by atoms with van der Waals surface area (Å²) in [5.41, 5.74) is 4.27. The van der Waals surface area contributed by atoms with E-state index < -0.39 is 6.10 Å². The number of fused-ring (bicyclic) bond motifs is 1. The fraction of sp³-hybridized carbons (Fsp3) is 0.444. The molecule has 1 aromatic heterocycles. The van der Waals surface area contributed by atoms with E-state index >= 15 is 0 Å². The van der Waals surface area contributed by atoms with Crippen LogP contribution in [0.5, 0.6) is 0 Å². The summed E-state index contributed by atoms with van der Waals surface area (Å²) in [6, 6.07) is 10.0. The van der Waals surface area contributed by atoms with Crippen LogP contribution in [0.2, 0.25) is 0 Å². The van der Waals surface area contributed by atoms with Crippen molar-refractivity contribution in [3.05, 3.63) is 52.8 Å². The highest BCUT2D eigenvalue weighted by atomic mass is 16.5. The number of rotatable bonds is 4. The molecule has 1 amide bonds. The smallest absolute Gasteiger partial charge is 0.254 e. The summed E-state index contributed by atoms with van der Waals surface area (Å²) in [5, 5.41) is 7.49. The normalized spacial score (nSPS) is 18.3. The molecule has 0 bridgehead atoms. The standard InChI is InChI=1S/C18H23N3O2/c1-12-10-14(3)21(20-12)11-13(2)19-18(22)17-16-7-5-4-6-15(16)8-9-23-17/h4-7,10,13,17H,8-9,11H2,1-3H3,(H,19,22)/t13-,17+/m1/s1. The predicted octanol–water partition coefficient (Wildman–Crippen LogP) is 2.32. The lowest BCUT2D eigenvalue weighted by Crippen LogP contribution is -2.41. The van der Waals surface area contributed by atoms with Gasteiger partial charge in [-0.05, 0) is 44.4 Å². The van der Waals surface area contributed by atoms with Crippen LogP contribution in [0, 0.1) is 13.8 Å². The van der Waals surface area contributed by atoms with Crippen molar-refractivity contribution in [2.75, 3.05) is 6.61 Å². The second-order valence-corrected chi connectivity index (χ2v) is 6.22. The summed E-state index contributed by atoms with van der Waals surface area (Å²) >= 11 is 0.